The Morgan fingerprint density at radius 3 is 2.14 bits per heavy atom. The summed E-state index contributed by atoms with van der Waals surface area (Å²) in [5, 5.41) is 8.16. The van der Waals surface area contributed by atoms with Gasteiger partial charge in [0.2, 0.25) is 5.88 Å². The number of nitrogens with zero attached hydrogens (tertiary/aromatic N) is 3. The van der Waals surface area contributed by atoms with Crippen molar-refractivity contribution in [2.75, 3.05) is 4.72 Å². The van der Waals surface area contributed by atoms with Crippen LogP contribution in [-0.4, -0.2) is 23.2 Å². The Kier molecular flexibility index (Phi) is 4.77. The number of sulfonamides is 1. The molecule has 4 aromatic rings. The van der Waals surface area contributed by atoms with Gasteiger partial charge >= 0.3 is 0 Å². The molecular formula is C20H16N4O3S. The smallest absolute Gasteiger partial charge is 0.261 e. The molecule has 0 amide bonds. The average Bonchev–Trinajstić information content (AvgIpc) is 3.25. The Bertz CT molecular complexity index is 1140. The van der Waals surface area contributed by atoms with Gasteiger partial charge in [-0.15, -0.1) is 10.2 Å². The Morgan fingerprint density at radius 2 is 1.50 bits per heavy atom. The fourth-order valence-corrected chi connectivity index (χ4v) is 3.60. The summed E-state index contributed by atoms with van der Waals surface area (Å²) in [6.07, 6.45) is 3.75. The van der Waals surface area contributed by atoms with Crippen molar-refractivity contribution in [3.8, 4) is 17.4 Å². The standard InChI is InChI=1S/C20H16N4O3S/c25-28(26,18-6-2-1-3-7-18)23-16-8-10-17(11-9-16)27-20-13-12-19(21-22-20)24-14-4-5-15-24/h1-15,23H. The normalized spacial score (nSPS) is 11.1. The van der Waals surface area contributed by atoms with Crippen molar-refractivity contribution in [1.29, 1.82) is 0 Å². The summed E-state index contributed by atoms with van der Waals surface area (Å²) in [4.78, 5) is 0.202. The molecule has 0 aliphatic rings. The van der Waals surface area contributed by atoms with E-state index < -0.39 is 10.0 Å². The number of aromatic nitrogens is 3. The lowest BCUT2D eigenvalue weighted by Gasteiger charge is -2.09. The summed E-state index contributed by atoms with van der Waals surface area (Å²) in [6, 6.07) is 22.1. The van der Waals surface area contributed by atoms with E-state index in [1.807, 2.05) is 29.1 Å². The zero-order valence-electron chi connectivity index (χ0n) is 14.6. The Hall–Kier alpha value is -3.65. The molecule has 28 heavy (non-hydrogen) atoms. The lowest BCUT2D eigenvalue weighted by molar-refractivity contribution is 0.454. The summed E-state index contributed by atoms with van der Waals surface area (Å²) in [7, 11) is -3.63. The monoisotopic (exact) mass is 392 g/mol. The lowest BCUT2D eigenvalue weighted by atomic mass is 10.3. The number of rotatable bonds is 6. The third-order valence-electron chi connectivity index (χ3n) is 3.88. The van der Waals surface area contributed by atoms with Crippen LogP contribution in [0.3, 0.4) is 0 Å². The molecule has 0 saturated heterocycles. The molecule has 0 aliphatic heterocycles. The van der Waals surface area contributed by atoms with Crippen LogP contribution in [0.15, 0.2) is 96.2 Å². The van der Waals surface area contributed by atoms with E-state index in [4.69, 9.17) is 4.74 Å². The second-order valence-electron chi connectivity index (χ2n) is 5.87. The Morgan fingerprint density at radius 1 is 0.786 bits per heavy atom. The van der Waals surface area contributed by atoms with Gasteiger partial charge < -0.3 is 9.30 Å². The molecule has 1 N–H and O–H groups in total. The van der Waals surface area contributed by atoms with Crippen molar-refractivity contribution in [3.63, 3.8) is 0 Å². The maximum atomic E-state index is 12.3. The van der Waals surface area contributed by atoms with Crippen molar-refractivity contribution in [2.24, 2.45) is 0 Å². The van der Waals surface area contributed by atoms with Crippen LogP contribution in [0.2, 0.25) is 0 Å². The van der Waals surface area contributed by atoms with Gasteiger partial charge in [0.05, 0.1) is 4.90 Å². The molecule has 4 rings (SSSR count). The molecule has 0 bridgehead atoms. The largest absolute Gasteiger partial charge is 0.438 e. The number of anilines is 1. The third kappa shape index (κ3) is 4.02. The minimum absolute atomic E-state index is 0.202. The number of benzene rings is 2. The average molecular weight is 392 g/mol. The molecule has 8 heteroatoms. The third-order valence-corrected chi connectivity index (χ3v) is 5.27. The molecule has 0 atom stereocenters. The van der Waals surface area contributed by atoms with E-state index >= 15 is 0 Å². The lowest BCUT2D eigenvalue weighted by Crippen LogP contribution is -2.12. The molecule has 0 spiro atoms. The van der Waals surface area contributed by atoms with Gasteiger partial charge in [0, 0.05) is 24.1 Å². The topological polar surface area (TPSA) is 86.1 Å². The first kappa shape index (κ1) is 17.7. The van der Waals surface area contributed by atoms with Gasteiger partial charge in [0.25, 0.3) is 10.0 Å². The van der Waals surface area contributed by atoms with E-state index in [0.717, 1.165) is 0 Å². The molecule has 0 unspecified atom stereocenters. The first-order valence-corrected chi connectivity index (χ1v) is 9.91. The fraction of sp³-hybridized carbons (Fsp3) is 0. The minimum atomic E-state index is -3.63. The van der Waals surface area contributed by atoms with E-state index in [0.29, 0.717) is 23.1 Å². The molecule has 2 aromatic heterocycles. The van der Waals surface area contributed by atoms with Crippen LogP contribution in [0.4, 0.5) is 5.69 Å². The van der Waals surface area contributed by atoms with Gasteiger partial charge in [0.15, 0.2) is 5.82 Å². The molecule has 140 valence electrons. The molecule has 2 heterocycles. The SMILES string of the molecule is O=S(=O)(Nc1ccc(Oc2ccc(-n3cccc3)nn2)cc1)c1ccccc1. The first-order valence-electron chi connectivity index (χ1n) is 8.43. The highest BCUT2D eigenvalue weighted by Crippen LogP contribution is 2.23. The molecule has 2 aromatic carbocycles. The highest BCUT2D eigenvalue weighted by atomic mass is 32.2. The molecule has 0 radical (unpaired) electrons. The maximum Gasteiger partial charge on any atom is 0.261 e. The summed E-state index contributed by atoms with van der Waals surface area (Å²) in [5.41, 5.74) is 0.435. The van der Waals surface area contributed by atoms with Crippen molar-refractivity contribution >= 4 is 15.7 Å². The van der Waals surface area contributed by atoms with Gasteiger partial charge in [-0.2, -0.15) is 0 Å². The number of hydrogen-bond donors (Lipinski definition) is 1. The number of ether oxygens (including phenoxy) is 1. The minimum Gasteiger partial charge on any atom is -0.438 e. The van der Waals surface area contributed by atoms with Crippen LogP contribution in [0.1, 0.15) is 0 Å². The second-order valence-corrected chi connectivity index (χ2v) is 7.55. The predicted molar refractivity (Wildman–Crippen MR) is 105 cm³/mol. The maximum absolute atomic E-state index is 12.3. The number of hydrogen-bond acceptors (Lipinski definition) is 5. The highest BCUT2D eigenvalue weighted by molar-refractivity contribution is 7.92. The van der Waals surface area contributed by atoms with Crippen LogP contribution < -0.4 is 9.46 Å². The van der Waals surface area contributed by atoms with Gasteiger partial charge in [-0.3, -0.25) is 4.72 Å². The van der Waals surface area contributed by atoms with E-state index in [2.05, 4.69) is 14.9 Å². The fourth-order valence-electron chi connectivity index (χ4n) is 2.52. The quantitative estimate of drug-likeness (QED) is 0.538. The molecular weight excluding hydrogens is 376 g/mol. The second kappa shape index (κ2) is 7.53. The molecule has 7 nitrogen and oxygen atoms in total. The summed E-state index contributed by atoms with van der Waals surface area (Å²) in [5.74, 6) is 1.54. The highest BCUT2D eigenvalue weighted by Gasteiger charge is 2.13. The van der Waals surface area contributed by atoms with E-state index in [1.54, 1.807) is 54.6 Å². The van der Waals surface area contributed by atoms with Gasteiger partial charge in [0.1, 0.15) is 5.75 Å². The Balaban J connectivity index is 1.43. The predicted octanol–water partition coefficient (Wildman–Crippen LogP) is 3.86. The Labute approximate surface area is 162 Å². The van der Waals surface area contributed by atoms with Crippen molar-refractivity contribution in [2.45, 2.75) is 4.90 Å². The van der Waals surface area contributed by atoms with E-state index in [9.17, 15) is 8.42 Å². The van der Waals surface area contributed by atoms with Crippen molar-refractivity contribution in [3.05, 3.63) is 91.3 Å². The van der Waals surface area contributed by atoms with Crippen LogP contribution in [0, 0.1) is 0 Å². The van der Waals surface area contributed by atoms with Crippen LogP contribution in [-0.2, 0) is 10.0 Å². The summed E-state index contributed by atoms with van der Waals surface area (Å²) < 4.78 is 34.7. The van der Waals surface area contributed by atoms with Crippen molar-refractivity contribution < 1.29 is 13.2 Å². The van der Waals surface area contributed by atoms with E-state index in [1.165, 1.54) is 12.1 Å². The van der Waals surface area contributed by atoms with Gasteiger partial charge in [-0.1, -0.05) is 18.2 Å². The number of nitrogens with one attached hydrogen (secondary N) is 1. The van der Waals surface area contributed by atoms with Crippen molar-refractivity contribution in [1.82, 2.24) is 14.8 Å². The summed E-state index contributed by atoms with van der Waals surface area (Å²) >= 11 is 0. The first-order chi connectivity index (χ1) is 13.6. The molecule has 0 saturated carbocycles. The van der Waals surface area contributed by atoms with Crippen LogP contribution in [0.5, 0.6) is 11.6 Å². The van der Waals surface area contributed by atoms with Crippen LogP contribution in [0.25, 0.3) is 5.82 Å². The molecule has 0 aliphatic carbocycles. The zero-order valence-corrected chi connectivity index (χ0v) is 15.5. The summed E-state index contributed by atoms with van der Waals surface area (Å²) in [6.45, 7) is 0. The van der Waals surface area contributed by atoms with Gasteiger partial charge in [-0.25, -0.2) is 8.42 Å². The molecule has 0 fully saturated rings. The van der Waals surface area contributed by atoms with Gasteiger partial charge in [-0.05, 0) is 54.6 Å². The van der Waals surface area contributed by atoms with Crippen LogP contribution >= 0.6 is 0 Å². The zero-order chi connectivity index (χ0) is 19.4. The van der Waals surface area contributed by atoms with E-state index in [-0.39, 0.29) is 4.90 Å².